The standard InChI is InChI=1S/C18H21NO/c1-2-20-17-13-19(14-17)18(15-9-5-3-6-10-15)16-11-7-4-8-12-16/h3-12,17-18H,2,13-14H2,1H3. The zero-order valence-corrected chi connectivity index (χ0v) is 11.9. The molecule has 0 aromatic heterocycles. The lowest BCUT2D eigenvalue weighted by molar-refractivity contribution is -0.0621. The summed E-state index contributed by atoms with van der Waals surface area (Å²) in [5, 5.41) is 0. The SMILES string of the molecule is CCOC1CN(C(c2ccccc2)c2ccccc2)C1. The summed E-state index contributed by atoms with van der Waals surface area (Å²) in [5.74, 6) is 0. The molecule has 1 heterocycles. The number of benzene rings is 2. The van der Waals surface area contributed by atoms with Gasteiger partial charge in [-0.3, -0.25) is 4.90 Å². The van der Waals surface area contributed by atoms with Gasteiger partial charge >= 0.3 is 0 Å². The summed E-state index contributed by atoms with van der Waals surface area (Å²) in [6.45, 7) is 4.90. The second-order valence-electron chi connectivity index (χ2n) is 5.26. The van der Waals surface area contributed by atoms with Crippen LogP contribution in [0, 0.1) is 0 Å². The Kier molecular flexibility index (Phi) is 4.14. The molecule has 0 saturated carbocycles. The third-order valence-electron chi connectivity index (χ3n) is 3.87. The normalized spacial score (nSPS) is 16.3. The summed E-state index contributed by atoms with van der Waals surface area (Å²) in [4.78, 5) is 2.49. The number of ether oxygens (including phenoxy) is 1. The zero-order valence-electron chi connectivity index (χ0n) is 11.9. The molecule has 1 fully saturated rings. The topological polar surface area (TPSA) is 12.5 Å². The number of likely N-dealkylation sites (tertiary alicyclic amines) is 1. The van der Waals surface area contributed by atoms with Gasteiger partial charge in [0.2, 0.25) is 0 Å². The molecule has 0 unspecified atom stereocenters. The molecule has 1 saturated heterocycles. The van der Waals surface area contributed by atoms with E-state index in [0.29, 0.717) is 12.1 Å². The molecule has 104 valence electrons. The summed E-state index contributed by atoms with van der Waals surface area (Å²) in [7, 11) is 0. The van der Waals surface area contributed by atoms with E-state index in [2.05, 4.69) is 72.5 Å². The van der Waals surface area contributed by atoms with E-state index in [-0.39, 0.29) is 0 Å². The van der Waals surface area contributed by atoms with Crippen LogP contribution in [0.1, 0.15) is 24.1 Å². The van der Waals surface area contributed by atoms with Crippen LogP contribution in [0.4, 0.5) is 0 Å². The van der Waals surface area contributed by atoms with Crippen molar-refractivity contribution in [2.24, 2.45) is 0 Å². The van der Waals surface area contributed by atoms with Crippen molar-refractivity contribution in [3.8, 4) is 0 Å². The number of hydrogen-bond donors (Lipinski definition) is 0. The highest BCUT2D eigenvalue weighted by atomic mass is 16.5. The summed E-state index contributed by atoms with van der Waals surface area (Å²) < 4.78 is 5.69. The Morgan fingerprint density at radius 2 is 1.45 bits per heavy atom. The second kappa shape index (κ2) is 6.21. The molecule has 3 rings (SSSR count). The molecule has 0 atom stereocenters. The molecular weight excluding hydrogens is 246 g/mol. The van der Waals surface area contributed by atoms with E-state index in [4.69, 9.17) is 4.74 Å². The van der Waals surface area contributed by atoms with E-state index in [0.717, 1.165) is 19.7 Å². The summed E-state index contributed by atoms with van der Waals surface area (Å²) in [6.07, 6.45) is 0.398. The highest BCUT2D eigenvalue weighted by molar-refractivity contribution is 5.32. The molecule has 1 aliphatic rings. The Morgan fingerprint density at radius 1 is 0.950 bits per heavy atom. The van der Waals surface area contributed by atoms with Crippen LogP contribution >= 0.6 is 0 Å². The monoisotopic (exact) mass is 267 g/mol. The van der Waals surface area contributed by atoms with Crippen LogP contribution < -0.4 is 0 Å². The van der Waals surface area contributed by atoms with Gasteiger partial charge in [-0.1, -0.05) is 60.7 Å². The van der Waals surface area contributed by atoms with Crippen LogP contribution in [-0.2, 0) is 4.74 Å². The lowest BCUT2D eigenvalue weighted by Gasteiger charge is -2.44. The summed E-state index contributed by atoms with van der Waals surface area (Å²) >= 11 is 0. The predicted molar refractivity (Wildman–Crippen MR) is 81.7 cm³/mol. The maximum absolute atomic E-state index is 5.69. The third-order valence-corrected chi connectivity index (χ3v) is 3.87. The fraction of sp³-hybridized carbons (Fsp3) is 0.333. The molecule has 2 aromatic carbocycles. The van der Waals surface area contributed by atoms with Gasteiger partial charge in [-0.15, -0.1) is 0 Å². The molecule has 1 aliphatic heterocycles. The van der Waals surface area contributed by atoms with Crippen molar-refractivity contribution < 1.29 is 4.74 Å². The average Bonchev–Trinajstić information content (AvgIpc) is 2.47. The van der Waals surface area contributed by atoms with Gasteiger partial charge in [0.25, 0.3) is 0 Å². The van der Waals surface area contributed by atoms with E-state index < -0.39 is 0 Å². The molecule has 2 aromatic rings. The van der Waals surface area contributed by atoms with E-state index in [1.807, 2.05) is 0 Å². The third kappa shape index (κ3) is 2.77. The highest BCUT2D eigenvalue weighted by Gasteiger charge is 2.34. The number of nitrogens with zero attached hydrogens (tertiary/aromatic N) is 1. The maximum atomic E-state index is 5.69. The second-order valence-corrected chi connectivity index (χ2v) is 5.26. The van der Waals surface area contributed by atoms with Gasteiger partial charge in [-0.2, -0.15) is 0 Å². The first-order valence-corrected chi connectivity index (χ1v) is 7.34. The lowest BCUT2D eigenvalue weighted by atomic mass is 9.94. The van der Waals surface area contributed by atoms with Crippen molar-refractivity contribution in [3.63, 3.8) is 0 Å². The van der Waals surface area contributed by atoms with E-state index >= 15 is 0 Å². The zero-order chi connectivity index (χ0) is 13.8. The minimum atomic E-state index is 0.342. The van der Waals surface area contributed by atoms with Crippen LogP contribution in [0.25, 0.3) is 0 Å². The molecule has 0 N–H and O–H groups in total. The largest absolute Gasteiger partial charge is 0.376 e. The molecule has 20 heavy (non-hydrogen) atoms. The number of rotatable bonds is 5. The van der Waals surface area contributed by atoms with Crippen LogP contribution in [0.5, 0.6) is 0 Å². The number of hydrogen-bond acceptors (Lipinski definition) is 2. The van der Waals surface area contributed by atoms with Gasteiger partial charge in [0.05, 0.1) is 12.1 Å². The molecular formula is C18H21NO. The molecule has 2 nitrogen and oxygen atoms in total. The van der Waals surface area contributed by atoms with E-state index in [1.165, 1.54) is 11.1 Å². The average molecular weight is 267 g/mol. The Morgan fingerprint density at radius 3 is 1.90 bits per heavy atom. The van der Waals surface area contributed by atoms with Crippen LogP contribution in [0.2, 0.25) is 0 Å². The first kappa shape index (κ1) is 13.3. The summed E-state index contributed by atoms with van der Waals surface area (Å²) in [5.41, 5.74) is 2.71. The van der Waals surface area contributed by atoms with Crippen molar-refractivity contribution in [1.29, 1.82) is 0 Å². The van der Waals surface area contributed by atoms with Crippen molar-refractivity contribution in [2.75, 3.05) is 19.7 Å². The first-order valence-electron chi connectivity index (χ1n) is 7.34. The minimum Gasteiger partial charge on any atom is -0.376 e. The van der Waals surface area contributed by atoms with Gasteiger partial charge < -0.3 is 4.74 Å². The van der Waals surface area contributed by atoms with Gasteiger partial charge in [-0.05, 0) is 18.1 Å². The van der Waals surface area contributed by atoms with Crippen molar-refractivity contribution >= 4 is 0 Å². The van der Waals surface area contributed by atoms with Crippen LogP contribution in [0.3, 0.4) is 0 Å². The van der Waals surface area contributed by atoms with Gasteiger partial charge in [0, 0.05) is 19.7 Å². The fourth-order valence-electron chi connectivity index (χ4n) is 2.91. The minimum absolute atomic E-state index is 0.342. The van der Waals surface area contributed by atoms with Gasteiger partial charge in [0.1, 0.15) is 0 Å². The molecule has 0 amide bonds. The smallest absolute Gasteiger partial charge is 0.0829 e. The molecule has 0 spiro atoms. The van der Waals surface area contributed by atoms with Gasteiger partial charge in [-0.25, -0.2) is 0 Å². The maximum Gasteiger partial charge on any atom is 0.0829 e. The van der Waals surface area contributed by atoms with Crippen LogP contribution in [-0.4, -0.2) is 30.7 Å². The molecule has 0 aliphatic carbocycles. The van der Waals surface area contributed by atoms with Crippen LogP contribution in [0.15, 0.2) is 60.7 Å². The Balaban J connectivity index is 1.83. The Labute approximate surface area is 121 Å². The lowest BCUT2D eigenvalue weighted by Crippen LogP contribution is -2.53. The Hall–Kier alpha value is -1.64. The molecule has 2 heteroatoms. The van der Waals surface area contributed by atoms with Gasteiger partial charge in [0.15, 0.2) is 0 Å². The first-order chi connectivity index (χ1) is 9.88. The molecule has 0 bridgehead atoms. The van der Waals surface area contributed by atoms with Crippen molar-refractivity contribution in [3.05, 3.63) is 71.8 Å². The van der Waals surface area contributed by atoms with Crippen molar-refractivity contribution in [1.82, 2.24) is 4.90 Å². The molecule has 0 radical (unpaired) electrons. The van der Waals surface area contributed by atoms with E-state index in [1.54, 1.807) is 0 Å². The fourth-order valence-corrected chi connectivity index (χ4v) is 2.91. The Bertz CT molecular complexity index is 480. The highest BCUT2D eigenvalue weighted by Crippen LogP contribution is 2.32. The summed E-state index contributed by atoms with van der Waals surface area (Å²) in [6, 6.07) is 21.8. The quantitative estimate of drug-likeness (QED) is 0.822. The predicted octanol–water partition coefficient (Wildman–Crippen LogP) is 3.50. The van der Waals surface area contributed by atoms with E-state index in [9.17, 15) is 0 Å². The van der Waals surface area contributed by atoms with Crippen molar-refractivity contribution in [2.45, 2.75) is 19.1 Å².